The summed E-state index contributed by atoms with van der Waals surface area (Å²) in [5.74, 6) is 0.684. The quantitative estimate of drug-likeness (QED) is 0.748. The van der Waals surface area contributed by atoms with Gasteiger partial charge in [0, 0.05) is 0 Å². The van der Waals surface area contributed by atoms with Gasteiger partial charge in [-0.15, -0.1) is 0 Å². The fraction of sp³-hybridized carbons (Fsp3) is 0.143. The highest BCUT2D eigenvalue weighted by atomic mass is 79.9. The van der Waals surface area contributed by atoms with Crippen LogP contribution < -0.4 is 10.2 Å². The Morgan fingerprint density at radius 1 is 1.55 bits per heavy atom. The first-order valence-corrected chi connectivity index (χ1v) is 3.81. The third-order valence-electron chi connectivity index (χ3n) is 1.30. The van der Waals surface area contributed by atoms with E-state index in [4.69, 9.17) is 9.94 Å². The second kappa shape index (κ2) is 3.59. The second-order valence-corrected chi connectivity index (χ2v) is 2.73. The Bertz CT molecular complexity index is 230. The molecule has 11 heavy (non-hydrogen) atoms. The topological polar surface area (TPSA) is 41.5 Å². The van der Waals surface area contributed by atoms with Crippen LogP contribution in [0.5, 0.6) is 5.75 Å². The number of rotatable bonds is 2. The van der Waals surface area contributed by atoms with Crippen molar-refractivity contribution >= 4 is 21.6 Å². The summed E-state index contributed by atoms with van der Waals surface area (Å²) in [4.78, 5) is 0. The summed E-state index contributed by atoms with van der Waals surface area (Å²) in [6, 6.07) is 5.31. The number of ether oxygens (including phenoxy) is 1. The van der Waals surface area contributed by atoms with E-state index in [1.54, 1.807) is 25.3 Å². The van der Waals surface area contributed by atoms with E-state index in [2.05, 4.69) is 15.9 Å². The lowest BCUT2D eigenvalue weighted by molar-refractivity contribution is 0.385. The van der Waals surface area contributed by atoms with Crippen LogP contribution in [0.15, 0.2) is 22.7 Å². The van der Waals surface area contributed by atoms with Crippen LogP contribution in [-0.2, 0) is 0 Å². The van der Waals surface area contributed by atoms with Crippen LogP contribution in [0.3, 0.4) is 0 Å². The van der Waals surface area contributed by atoms with Crippen LogP contribution in [0.1, 0.15) is 0 Å². The number of benzene rings is 1. The minimum atomic E-state index is 0.587. The van der Waals surface area contributed by atoms with Gasteiger partial charge in [0.1, 0.15) is 5.75 Å². The number of anilines is 1. The van der Waals surface area contributed by atoms with E-state index >= 15 is 0 Å². The number of nitrogens with one attached hydrogen (secondary N) is 1. The molecular formula is C7H8BrNO2. The number of hydrogen-bond acceptors (Lipinski definition) is 3. The Morgan fingerprint density at radius 3 is 2.82 bits per heavy atom. The SMILES string of the molecule is COc1cccc(NO)c1Br. The summed E-state index contributed by atoms with van der Waals surface area (Å²) < 4.78 is 5.70. The molecule has 0 amide bonds. The Balaban J connectivity index is 3.10. The van der Waals surface area contributed by atoms with E-state index in [-0.39, 0.29) is 0 Å². The van der Waals surface area contributed by atoms with Crippen molar-refractivity contribution in [2.24, 2.45) is 0 Å². The van der Waals surface area contributed by atoms with Crippen LogP contribution in [0.2, 0.25) is 0 Å². The first-order valence-electron chi connectivity index (χ1n) is 3.02. The molecule has 0 aliphatic heterocycles. The fourth-order valence-corrected chi connectivity index (χ4v) is 1.27. The minimum absolute atomic E-state index is 0.587. The monoisotopic (exact) mass is 217 g/mol. The summed E-state index contributed by atoms with van der Waals surface area (Å²) in [7, 11) is 1.57. The number of halogens is 1. The van der Waals surface area contributed by atoms with Crippen molar-refractivity contribution in [3.05, 3.63) is 22.7 Å². The van der Waals surface area contributed by atoms with Gasteiger partial charge < -0.3 is 4.74 Å². The lowest BCUT2D eigenvalue weighted by atomic mass is 10.3. The first kappa shape index (κ1) is 8.36. The molecule has 0 bridgehead atoms. The van der Waals surface area contributed by atoms with Gasteiger partial charge >= 0.3 is 0 Å². The minimum Gasteiger partial charge on any atom is -0.495 e. The van der Waals surface area contributed by atoms with E-state index in [9.17, 15) is 0 Å². The van der Waals surface area contributed by atoms with Crippen LogP contribution in [0.25, 0.3) is 0 Å². The maximum atomic E-state index is 8.60. The summed E-state index contributed by atoms with van der Waals surface area (Å²) >= 11 is 3.25. The predicted molar refractivity (Wildman–Crippen MR) is 46.1 cm³/mol. The van der Waals surface area contributed by atoms with Gasteiger partial charge in [-0.1, -0.05) is 6.07 Å². The van der Waals surface area contributed by atoms with Crippen molar-refractivity contribution in [3.8, 4) is 5.75 Å². The maximum Gasteiger partial charge on any atom is 0.135 e. The van der Waals surface area contributed by atoms with Gasteiger partial charge in [0.05, 0.1) is 17.3 Å². The average Bonchev–Trinajstić information content (AvgIpc) is 2.05. The molecule has 0 fully saturated rings. The fourth-order valence-electron chi connectivity index (χ4n) is 0.755. The highest BCUT2D eigenvalue weighted by Gasteiger charge is 2.03. The van der Waals surface area contributed by atoms with Crippen LogP contribution >= 0.6 is 15.9 Å². The lowest BCUT2D eigenvalue weighted by Gasteiger charge is -2.06. The molecule has 0 aliphatic rings. The van der Waals surface area contributed by atoms with E-state index in [0.717, 1.165) is 0 Å². The second-order valence-electron chi connectivity index (χ2n) is 1.93. The molecule has 0 unspecified atom stereocenters. The molecule has 4 heteroatoms. The van der Waals surface area contributed by atoms with Gasteiger partial charge in [-0.2, -0.15) is 0 Å². The third-order valence-corrected chi connectivity index (χ3v) is 2.12. The van der Waals surface area contributed by atoms with Gasteiger partial charge in [-0.05, 0) is 28.1 Å². The Morgan fingerprint density at radius 2 is 2.27 bits per heavy atom. The van der Waals surface area contributed by atoms with Gasteiger partial charge in [-0.3, -0.25) is 10.7 Å². The standard InChI is InChI=1S/C7H8BrNO2/c1-11-6-4-2-3-5(9-10)7(6)8/h2-4,9-10H,1H3. The van der Waals surface area contributed by atoms with Crippen molar-refractivity contribution in [1.29, 1.82) is 0 Å². The maximum absolute atomic E-state index is 8.60. The third kappa shape index (κ3) is 1.64. The number of methoxy groups -OCH3 is 1. The number of hydrogen-bond donors (Lipinski definition) is 2. The Kier molecular flexibility index (Phi) is 2.73. The van der Waals surface area contributed by atoms with Crippen LogP contribution in [0.4, 0.5) is 5.69 Å². The zero-order chi connectivity index (χ0) is 8.27. The largest absolute Gasteiger partial charge is 0.495 e. The normalized spacial score (nSPS) is 9.36. The molecule has 0 aromatic heterocycles. The van der Waals surface area contributed by atoms with E-state index in [1.807, 2.05) is 5.48 Å². The first-order chi connectivity index (χ1) is 5.29. The van der Waals surface area contributed by atoms with Crippen LogP contribution in [0, 0.1) is 0 Å². The van der Waals surface area contributed by atoms with E-state index in [0.29, 0.717) is 15.9 Å². The van der Waals surface area contributed by atoms with Gasteiger partial charge in [0.2, 0.25) is 0 Å². The van der Waals surface area contributed by atoms with Crippen molar-refractivity contribution in [3.63, 3.8) is 0 Å². The molecule has 1 aromatic rings. The molecule has 0 aliphatic carbocycles. The zero-order valence-electron chi connectivity index (χ0n) is 5.97. The molecule has 3 nitrogen and oxygen atoms in total. The van der Waals surface area contributed by atoms with Crippen molar-refractivity contribution in [2.45, 2.75) is 0 Å². The highest BCUT2D eigenvalue weighted by Crippen LogP contribution is 2.31. The molecule has 1 aromatic carbocycles. The Hall–Kier alpha value is -0.740. The molecule has 0 atom stereocenters. The predicted octanol–water partition coefficient (Wildman–Crippen LogP) is 2.26. The van der Waals surface area contributed by atoms with Crippen molar-refractivity contribution < 1.29 is 9.94 Å². The van der Waals surface area contributed by atoms with Gasteiger partial charge in [0.15, 0.2) is 0 Å². The zero-order valence-corrected chi connectivity index (χ0v) is 7.55. The average molecular weight is 218 g/mol. The summed E-state index contributed by atoms with van der Waals surface area (Å²) in [6.07, 6.45) is 0. The molecule has 0 radical (unpaired) electrons. The van der Waals surface area contributed by atoms with Gasteiger partial charge in [0.25, 0.3) is 0 Å². The summed E-state index contributed by atoms with van der Waals surface area (Å²) in [5, 5.41) is 8.60. The molecule has 1 rings (SSSR count). The highest BCUT2D eigenvalue weighted by molar-refractivity contribution is 9.10. The smallest absolute Gasteiger partial charge is 0.135 e. The molecule has 0 saturated heterocycles. The molecule has 2 N–H and O–H groups in total. The summed E-state index contributed by atoms with van der Waals surface area (Å²) in [6.45, 7) is 0. The van der Waals surface area contributed by atoms with E-state index in [1.165, 1.54) is 0 Å². The molecule has 0 heterocycles. The van der Waals surface area contributed by atoms with Crippen LogP contribution in [-0.4, -0.2) is 12.3 Å². The molecular weight excluding hydrogens is 210 g/mol. The van der Waals surface area contributed by atoms with Crippen molar-refractivity contribution in [2.75, 3.05) is 12.6 Å². The van der Waals surface area contributed by atoms with Crippen molar-refractivity contribution in [1.82, 2.24) is 0 Å². The molecule has 0 saturated carbocycles. The van der Waals surface area contributed by atoms with E-state index < -0.39 is 0 Å². The molecule has 0 spiro atoms. The Labute approximate surface area is 73.1 Å². The summed E-state index contributed by atoms with van der Waals surface area (Å²) in [5.41, 5.74) is 2.63. The van der Waals surface area contributed by atoms with Gasteiger partial charge in [-0.25, -0.2) is 0 Å². The molecule has 60 valence electrons. The lowest BCUT2D eigenvalue weighted by Crippen LogP contribution is -1.92.